The quantitative estimate of drug-likeness (QED) is 0.0624. The molecule has 0 saturated carbocycles. The molecule has 0 aromatic carbocycles. The molecule has 2 rings (SSSR count). The first-order valence-corrected chi connectivity index (χ1v) is 17.6. The molecular weight excluding hydrogens is 532 g/mol. The molecule has 0 radical (unpaired) electrons. The highest BCUT2D eigenvalue weighted by Crippen LogP contribution is 2.28. The van der Waals surface area contributed by atoms with Crippen molar-refractivity contribution in [2.75, 3.05) is 0 Å². The van der Waals surface area contributed by atoms with Gasteiger partial charge in [0.25, 0.3) is 0 Å². The van der Waals surface area contributed by atoms with Crippen LogP contribution in [0.15, 0.2) is 11.6 Å². The van der Waals surface area contributed by atoms with E-state index >= 15 is 0 Å². The molecule has 1 saturated heterocycles. The predicted molar refractivity (Wildman–Crippen MR) is 168 cm³/mol. The Balaban J connectivity index is 1.43. The Morgan fingerprint density at radius 2 is 1.14 bits per heavy atom. The number of cyclic esters (lactones) is 1. The Labute approximate surface area is 256 Å². The minimum Gasteiger partial charge on any atom is -0.455 e. The van der Waals surface area contributed by atoms with Gasteiger partial charge in [-0.15, -0.1) is 0 Å². The van der Waals surface area contributed by atoms with Gasteiger partial charge in [-0.25, -0.2) is 4.79 Å². The van der Waals surface area contributed by atoms with Crippen LogP contribution in [0.2, 0.25) is 0 Å². The first-order chi connectivity index (χ1) is 20.3. The number of ether oxygens (including phenoxy) is 2. The summed E-state index contributed by atoms with van der Waals surface area (Å²) in [5.74, 6) is -0.323. The SMILES string of the molecule is CCCCCCCCCCCCCC[C@@H](O)[C@H]1CCC([C@H](O)CC[C@H](O)CCCCC[C@@H](O)CC2=C[C@H](C)OC2=O)O1. The Hall–Kier alpha value is -0.990. The summed E-state index contributed by atoms with van der Waals surface area (Å²) in [7, 11) is 0. The summed E-state index contributed by atoms with van der Waals surface area (Å²) in [6.07, 6.45) is 22.3. The second kappa shape index (κ2) is 22.5. The Morgan fingerprint density at radius 3 is 1.69 bits per heavy atom. The summed E-state index contributed by atoms with van der Waals surface area (Å²) in [6.45, 7) is 4.07. The average Bonchev–Trinajstić information content (AvgIpc) is 3.58. The second-order valence-corrected chi connectivity index (χ2v) is 13.1. The predicted octanol–water partition coefficient (Wildman–Crippen LogP) is 7.06. The summed E-state index contributed by atoms with van der Waals surface area (Å²) in [4.78, 5) is 11.7. The van der Waals surface area contributed by atoms with Crippen LogP contribution in [0.25, 0.3) is 0 Å². The highest BCUT2D eigenvalue weighted by Gasteiger charge is 2.34. The maximum Gasteiger partial charge on any atom is 0.334 e. The average molecular weight is 597 g/mol. The number of carbonyl (C=O) groups excluding carboxylic acids is 1. The lowest BCUT2D eigenvalue weighted by molar-refractivity contribution is -0.139. The van der Waals surface area contributed by atoms with Crippen LogP contribution in [0.4, 0.5) is 0 Å². The van der Waals surface area contributed by atoms with Crippen molar-refractivity contribution in [2.45, 2.75) is 204 Å². The van der Waals surface area contributed by atoms with Crippen molar-refractivity contribution in [3.63, 3.8) is 0 Å². The summed E-state index contributed by atoms with van der Waals surface area (Å²) >= 11 is 0. The van der Waals surface area contributed by atoms with E-state index in [1.807, 2.05) is 6.92 Å². The third-order valence-electron chi connectivity index (χ3n) is 9.11. The van der Waals surface area contributed by atoms with Crippen molar-refractivity contribution in [1.82, 2.24) is 0 Å². The molecule has 7 nitrogen and oxygen atoms in total. The van der Waals surface area contributed by atoms with E-state index in [9.17, 15) is 25.2 Å². The fourth-order valence-electron chi connectivity index (χ4n) is 6.40. The summed E-state index contributed by atoms with van der Waals surface area (Å²) < 4.78 is 11.1. The van der Waals surface area contributed by atoms with Crippen LogP contribution in [-0.2, 0) is 14.3 Å². The zero-order chi connectivity index (χ0) is 30.6. The normalized spacial score (nSPS) is 23.5. The smallest absolute Gasteiger partial charge is 0.334 e. The van der Waals surface area contributed by atoms with Crippen molar-refractivity contribution in [3.05, 3.63) is 11.6 Å². The summed E-state index contributed by atoms with van der Waals surface area (Å²) in [5.41, 5.74) is 0.565. The molecule has 2 aliphatic rings. The lowest BCUT2D eigenvalue weighted by Gasteiger charge is -2.23. The molecule has 2 aliphatic heterocycles. The van der Waals surface area contributed by atoms with Crippen LogP contribution in [0.3, 0.4) is 0 Å². The fourth-order valence-corrected chi connectivity index (χ4v) is 6.40. The van der Waals surface area contributed by atoms with Crippen LogP contribution in [0, 0.1) is 0 Å². The Kier molecular flexibility index (Phi) is 19.9. The number of aliphatic hydroxyl groups is 4. The van der Waals surface area contributed by atoms with Crippen molar-refractivity contribution in [1.29, 1.82) is 0 Å². The van der Waals surface area contributed by atoms with Gasteiger partial charge in [-0.3, -0.25) is 0 Å². The molecule has 1 fully saturated rings. The minimum atomic E-state index is -0.613. The topological polar surface area (TPSA) is 116 Å². The molecule has 7 atom stereocenters. The lowest BCUT2D eigenvalue weighted by Crippen LogP contribution is -2.31. The number of hydrogen-bond donors (Lipinski definition) is 4. The maximum absolute atomic E-state index is 11.7. The Bertz CT molecular complexity index is 726. The van der Waals surface area contributed by atoms with Crippen LogP contribution in [-0.4, -0.2) is 69.1 Å². The summed E-state index contributed by atoms with van der Waals surface area (Å²) in [5, 5.41) is 41.8. The zero-order valence-corrected chi connectivity index (χ0v) is 26.9. The van der Waals surface area contributed by atoms with E-state index in [0.717, 1.165) is 44.9 Å². The second-order valence-electron chi connectivity index (χ2n) is 13.1. The number of esters is 1. The molecule has 42 heavy (non-hydrogen) atoms. The van der Waals surface area contributed by atoms with Gasteiger partial charge in [-0.05, 0) is 57.9 Å². The molecule has 0 aromatic heterocycles. The van der Waals surface area contributed by atoms with Crippen LogP contribution >= 0.6 is 0 Å². The third-order valence-corrected chi connectivity index (χ3v) is 9.11. The molecule has 1 unspecified atom stereocenters. The standard InChI is InChI=1S/C35H64O7/c1-3-4-5-6-7-8-9-10-11-12-13-17-20-31(38)33-23-24-34(42-33)32(39)22-21-29(36)18-15-14-16-19-30(37)26-28-25-27(2)41-35(28)40/h25,27,29-34,36-39H,3-24,26H2,1-2H3/t27-,29+,30+,31+,32+,33+,34?/m0/s1. The molecule has 0 aliphatic carbocycles. The van der Waals surface area contributed by atoms with Gasteiger partial charge in [0.1, 0.15) is 6.10 Å². The van der Waals surface area contributed by atoms with Crippen LogP contribution < -0.4 is 0 Å². The Morgan fingerprint density at radius 1 is 0.667 bits per heavy atom. The first kappa shape index (κ1) is 37.2. The van der Waals surface area contributed by atoms with Crippen molar-refractivity contribution in [2.24, 2.45) is 0 Å². The van der Waals surface area contributed by atoms with Gasteiger partial charge < -0.3 is 29.9 Å². The van der Waals surface area contributed by atoms with Gasteiger partial charge in [0, 0.05) is 12.0 Å². The van der Waals surface area contributed by atoms with Crippen LogP contribution in [0.5, 0.6) is 0 Å². The van der Waals surface area contributed by atoms with E-state index in [2.05, 4.69) is 6.92 Å². The third kappa shape index (κ3) is 16.2. The lowest BCUT2D eigenvalue weighted by atomic mass is 9.98. The molecule has 4 N–H and O–H groups in total. The fraction of sp³-hybridized carbons (Fsp3) is 0.914. The monoisotopic (exact) mass is 596 g/mol. The molecule has 0 amide bonds. The van der Waals surface area contributed by atoms with Crippen molar-refractivity contribution < 1.29 is 34.7 Å². The maximum atomic E-state index is 11.7. The molecule has 2 heterocycles. The zero-order valence-electron chi connectivity index (χ0n) is 26.9. The molecule has 246 valence electrons. The van der Waals surface area contributed by atoms with Gasteiger partial charge in [-0.1, -0.05) is 103 Å². The number of hydrogen-bond acceptors (Lipinski definition) is 7. The van der Waals surface area contributed by atoms with E-state index in [0.29, 0.717) is 37.7 Å². The number of rotatable bonds is 26. The number of carbonyl (C=O) groups is 1. The number of unbranched alkanes of at least 4 members (excludes halogenated alkanes) is 13. The summed E-state index contributed by atoms with van der Waals surface area (Å²) in [6, 6.07) is 0. The molecule has 0 aromatic rings. The van der Waals surface area contributed by atoms with Crippen LogP contribution in [0.1, 0.15) is 162 Å². The highest BCUT2D eigenvalue weighted by molar-refractivity contribution is 5.90. The largest absolute Gasteiger partial charge is 0.455 e. The van der Waals surface area contributed by atoms with E-state index in [1.54, 1.807) is 6.08 Å². The van der Waals surface area contributed by atoms with Crippen molar-refractivity contribution >= 4 is 5.97 Å². The van der Waals surface area contributed by atoms with Gasteiger partial charge in [0.2, 0.25) is 0 Å². The minimum absolute atomic E-state index is 0.184. The van der Waals surface area contributed by atoms with Gasteiger partial charge in [0.15, 0.2) is 0 Å². The van der Waals surface area contributed by atoms with E-state index < -0.39 is 24.4 Å². The number of aliphatic hydroxyl groups excluding tert-OH is 4. The van der Waals surface area contributed by atoms with E-state index in [4.69, 9.17) is 9.47 Å². The van der Waals surface area contributed by atoms with E-state index in [1.165, 1.54) is 70.6 Å². The van der Waals surface area contributed by atoms with E-state index in [-0.39, 0.29) is 24.3 Å². The molecule has 0 bridgehead atoms. The van der Waals surface area contributed by atoms with Gasteiger partial charge >= 0.3 is 5.97 Å². The molecular formula is C35H64O7. The first-order valence-electron chi connectivity index (χ1n) is 17.6. The van der Waals surface area contributed by atoms with Gasteiger partial charge in [-0.2, -0.15) is 0 Å². The molecule has 0 spiro atoms. The van der Waals surface area contributed by atoms with Crippen molar-refractivity contribution in [3.8, 4) is 0 Å². The molecule has 7 heteroatoms. The van der Waals surface area contributed by atoms with Gasteiger partial charge in [0.05, 0.1) is 36.6 Å². The highest BCUT2D eigenvalue weighted by atomic mass is 16.5.